The highest BCUT2D eigenvalue weighted by atomic mass is 19.1. The van der Waals surface area contributed by atoms with Gasteiger partial charge in [0.25, 0.3) is 0 Å². The monoisotopic (exact) mass is 220 g/mol. The summed E-state index contributed by atoms with van der Waals surface area (Å²) in [7, 11) is 0. The van der Waals surface area contributed by atoms with Crippen LogP contribution < -0.4 is 5.73 Å². The molecule has 0 bridgehead atoms. The average molecular weight is 220 g/mol. The number of nitrogens with two attached hydrogens (primary N) is 1. The molecule has 2 aromatic rings. The first-order chi connectivity index (χ1) is 7.61. The number of hydrogen-bond donors (Lipinski definition) is 2. The number of rotatable bonds is 1. The fourth-order valence-corrected chi connectivity index (χ4v) is 1.32. The van der Waals surface area contributed by atoms with E-state index in [0.717, 1.165) is 6.07 Å². The fourth-order valence-electron chi connectivity index (χ4n) is 1.32. The summed E-state index contributed by atoms with van der Waals surface area (Å²) in [4.78, 5) is 0. The number of benzene rings is 1. The van der Waals surface area contributed by atoms with Crippen molar-refractivity contribution in [3.63, 3.8) is 0 Å². The van der Waals surface area contributed by atoms with E-state index in [0.29, 0.717) is 11.8 Å². The zero-order valence-electron chi connectivity index (χ0n) is 7.96. The highest BCUT2D eigenvalue weighted by Gasteiger charge is 2.12. The number of nitrogen functional groups attached to an aromatic ring is 1. The van der Waals surface area contributed by atoms with Crippen molar-refractivity contribution in [3.8, 4) is 17.3 Å². The Morgan fingerprint density at radius 1 is 1.25 bits per heavy atom. The first-order valence-corrected chi connectivity index (χ1v) is 4.32. The second-order valence-corrected chi connectivity index (χ2v) is 3.13. The lowest BCUT2D eigenvalue weighted by Gasteiger charge is -2.01. The fraction of sp³-hybridized carbons (Fsp3) is 0. The van der Waals surface area contributed by atoms with Gasteiger partial charge in [0.1, 0.15) is 23.5 Å². The van der Waals surface area contributed by atoms with Crippen molar-refractivity contribution in [1.82, 2.24) is 10.2 Å². The van der Waals surface area contributed by atoms with E-state index in [1.807, 2.05) is 0 Å². The molecule has 4 nitrogen and oxygen atoms in total. The SMILES string of the molecule is N#Cc1cc(-c2cc(N)n[nH]2)c(F)cc1F. The Bertz CT molecular complexity index is 583. The predicted octanol–water partition coefficient (Wildman–Crippen LogP) is 1.81. The van der Waals surface area contributed by atoms with Gasteiger partial charge in [0, 0.05) is 17.7 Å². The molecular weight excluding hydrogens is 214 g/mol. The van der Waals surface area contributed by atoms with E-state index >= 15 is 0 Å². The molecule has 0 unspecified atom stereocenters. The molecule has 1 heterocycles. The topological polar surface area (TPSA) is 78.5 Å². The largest absolute Gasteiger partial charge is 0.382 e. The van der Waals surface area contributed by atoms with Gasteiger partial charge in [-0.15, -0.1) is 0 Å². The summed E-state index contributed by atoms with van der Waals surface area (Å²) in [6.07, 6.45) is 0. The quantitative estimate of drug-likeness (QED) is 0.769. The summed E-state index contributed by atoms with van der Waals surface area (Å²) in [5, 5.41) is 14.7. The summed E-state index contributed by atoms with van der Waals surface area (Å²) < 4.78 is 26.5. The smallest absolute Gasteiger partial charge is 0.145 e. The Balaban J connectivity index is 2.62. The molecule has 0 radical (unpaired) electrons. The normalized spacial score (nSPS) is 10.1. The number of aromatic amines is 1. The van der Waals surface area contributed by atoms with Crippen molar-refractivity contribution in [1.29, 1.82) is 5.26 Å². The van der Waals surface area contributed by atoms with Crippen molar-refractivity contribution < 1.29 is 8.78 Å². The lowest BCUT2D eigenvalue weighted by atomic mass is 10.1. The maximum absolute atomic E-state index is 13.4. The zero-order valence-corrected chi connectivity index (χ0v) is 7.96. The molecular formula is C10H6F2N4. The lowest BCUT2D eigenvalue weighted by Crippen LogP contribution is -1.91. The number of nitrogens with zero attached hydrogens (tertiary/aromatic N) is 2. The van der Waals surface area contributed by atoms with Crippen molar-refractivity contribution >= 4 is 5.82 Å². The van der Waals surface area contributed by atoms with Crippen molar-refractivity contribution in [2.75, 3.05) is 5.73 Å². The van der Waals surface area contributed by atoms with Crippen LogP contribution in [0.15, 0.2) is 18.2 Å². The number of nitriles is 1. The Morgan fingerprint density at radius 2 is 2.00 bits per heavy atom. The van der Waals surface area contributed by atoms with E-state index in [2.05, 4.69) is 10.2 Å². The molecule has 6 heteroatoms. The van der Waals surface area contributed by atoms with Crippen LogP contribution in [-0.2, 0) is 0 Å². The van der Waals surface area contributed by atoms with Crippen LogP contribution in [0.3, 0.4) is 0 Å². The number of halogens is 2. The molecule has 16 heavy (non-hydrogen) atoms. The van der Waals surface area contributed by atoms with E-state index in [4.69, 9.17) is 11.0 Å². The number of anilines is 1. The van der Waals surface area contributed by atoms with Gasteiger partial charge in [-0.25, -0.2) is 8.78 Å². The van der Waals surface area contributed by atoms with Crippen LogP contribution in [0.1, 0.15) is 5.56 Å². The molecule has 0 amide bonds. The van der Waals surface area contributed by atoms with E-state index in [1.165, 1.54) is 6.07 Å². The highest BCUT2D eigenvalue weighted by molar-refractivity contribution is 5.64. The van der Waals surface area contributed by atoms with Crippen LogP contribution in [0.2, 0.25) is 0 Å². The third-order valence-electron chi connectivity index (χ3n) is 2.07. The highest BCUT2D eigenvalue weighted by Crippen LogP contribution is 2.24. The van der Waals surface area contributed by atoms with E-state index in [1.54, 1.807) is 6.07 Å². The Labute approximate surface area is 89.3 Å². The molecule has 0 fully saturated rings. The van der Waals surface area contributed by atoms with E-state index in [-0.39, 0.29) is 16.9 Å². The predicted molar refractivity (Wildman–Crippen MR) is 53.1 cm³/mol. The number of H-pyrrole nitrogens is 1. The van der Waals surface area contributed by atoms with Gasteiger partial charge >= 0.3 is 0 Å². The summed E-state index contributed by atoms with van der Waals surface area (Å²) in [6.45, 7) is 0. The third-order valence-corrected chi connectivity index (χ3v) is 2.07. The van der Waals surface area contributed by atoms with Gasteiger partial charge in [0.05, 0.1) is 11.3 Å². The zero-order chi connectivity index (χ0) is 11.7. The minimum atomic E-state index is -0.892. The lowest BCUT2D eigenvalue weighted by molar-refractivity contribution is 0.583. The second-order valence-electron chi connectivity index (χ2n) is 3.13. The van der Waals surface area contributed by atoms with Gasteiger partial charge in [-0.3, -0.25) is 5.10 Å². The van der Waals surface area contributed by atoms with Crippen molar-refractivity contribution in [2.45, 2.75) is 0 Å². The van der Waals surface area contributed by atoms with Crippen LogP contribution in [-0.4, -0.2) is 10.2 Å². The molecule has 80 valence electrons. The van der Waals surface area contributed by atoms with Gasteiger partial charge in [-0.05, 0) is 6.07 Å². The van der Waals surface area contributed by atoms with Gasteiger partial charge in [0.15, 0.2) is 0 Å². The molecule has 0 aliphatic rings. The summed E-state index contributed by atoms with van der Waals surface area (Å²) in [5.74, 6) is -1.48. The number of aromatic nitrogens is 2. The summed E-state index contributed by atoms with van der Waals surface area (Å²) in [5.41, 5.74) is 5.49. The molecule has 1 aromatic heterocycles. The van der Waals surface area contributed by atoms with Gasteiger partial charge in [-0.2, -0.15) is 10.4 Å². The summed E-state index contributed by atoms with van der Waals surface area (Å²) in [6, 6.07) is 4.80. The molecule has 0 saturated heterocycles. The second kappa shape index (κ2) is 3.62. The Kier molecular flexibility index (Phi) is 2.29. The molecule has 0 aliphatic heterocycles. The molecule has 0 atom stereocenters. The maximum atomic E-state index is 13.4. The maximum Gasteiger partial charge on any atom is 0.145 e. The first-order valence-electron chi connectivity index (χ1n) is 4.32. The van der Waals surface area contributed by atoms with E-state index in [9.17, 15) is 8.78 Å². The molecule has 2 rings (SSSR count). The van der Waals surface area contributed by atoms with Crippen molar-refractivity contribution in [3.05, 3.63) is 35.4 Å². The first kappa shape index (κ1) is 10.1. The Hall–Kier alpha value is -2.42. The third kappa shape index (κ3) is 1.59. The van der Waals surface area contributed by atoms with Crippen LogP contribution in [0.4, 0.5) is 14.6 Å². The van der Waals surface area contributed by atoms with Crippen LogP contribution in [0.25, 0.3) is 11.3 Å². The van der Waals surface area contributed by atoms with Crippen LogP contribution in [0, 0.1) is 23.0 Å². The standard InChI is InChI=1S/C10H6F2N4/c11-7-2-8(12)6(1-5(7)4-13)9-3-10(14)16-15-9/h1-3H,(H3,14,15,16). The average Bonchev–Trinajstić information content (AvgIpc) is 2.65. The van der Waals surface area contributed by atoms with E-state index < -0.39 is 11.6 Å². The minimum absolute atomic E-state index is 0.0575. The molecule has 1 aromatic carbocycles. The minimum Gasteiger partial charge on any atom is -0.382 e. The molecule has 3 N–H and O–H groups in total. The van der Waals surface area contributed by atoms with Crippen molar-refractivity contribution in [2.24, 2.45) is 0 Å². The van der Waals surface area contributed by atoms with Gasteiger partial charge < -0.3 is 5.73 Å². The van der Waals surface area contributed by atoms with Crippen LogP contribution in [0.5, 0.6) is 0 Å². The molecule has 0 saturated carbocycles. The Morgan fingerprint density at radius 3 is 2.56 bits per heavy atom. The molecule has 0 aliphatic carbocycles. The molecule has 0 spiro atoms. The summed E-state index contributed by atoms with van der Waals surface area (Å²) >= 11 is 0. The van der Waals surface area contributed by atoms with Gasteiger partial charge in [-0.1, -0.05) is 0 Å². The van der Waals surface area contributed by atoms with Crippen LogP contribution >= 0.6 is 0 Å². The van der Waals surface area contributed by atoms with Gasteiger partial charge in [0.2, 0.25) is 0 Å². The number of nitrogens with one attached hydrogen (secondary N) is 1. The number of hydrogen-bond acceptors (Lipinski definition) is 3.